The molecule has 8 heteroatoms. The second kappa shape index (κ2) is 6.17. The van der Waals surface area contributed by atoms with Crippen molar-refractivity contribution in [2.24, 2.45) is 0 Å². The van der Waals surface area contributed by atoms with Crippen LogP contribution in [0.25, 0.3) is 0 Å². The Hall–Kier alpha value is -1.38. The van der Waals surface area contributed by atoms with Gasteiger partial charge in [0.05, 0.1) is 12.6 Å². The lowest BCUT2D eigenvalue weighted by atomic mass is 10.0. The van der Waals surface area contributed by atoms with Gasteiger partial charge in [-0.3, -0.25) is 4.79 Å². The van der Waals surface area contributed by atoms with Crippen LogP contribution in [-0.2, 0) is 10.0 Å². The molecule has 2 heterocycles. The van der Waals surface area contributed by atoms with Gasteiger partial charge in [0.15, 0.2) is 5.76 Å². The number of rotatable bonds is 4. The lowest BCUT2D eigenvalue weighted by Crippen LogP contribution is -2.45. The number of sulfonamides is 1. The van der Waals surface area contributed by atoms with E-state index >= 15 is 0 Å². The second-order valence-electron chi connectivity index (χ2n) is 5.24. The third-order valence-corrected chi connectivity index (χ3v) is 5.32. The first-order valence-electron chi connectivity index (χ1n) is 6.82. The maximum Gasteiger partial charge on any atom is 0.289 e. The molecule has 1 aromatic heterocycles. The van der Waals surface area contributed by atoms with Gasteiger partial charge < -0.3 is 14.4 Å². The smallest absolute Gasteiger partial charge is 0.289 e. The minimum absolute atomic E-state index is 0.0178. The highest BCUT2D eigenvalue weighted by atomic mass is 32.2. The number of carbonyl (C=O) groups is 1. The Morgan fingerprint density at radius 3 is 2.76 bits per heavy atom. The maximum atomic E-state index is 12.4. The van der Waals surface area contributed by atoms with Crippen molar-refractivity contribution in [1.29, 1.82) is 0 Å². The third kappa shape index (κ3) is 3.12. The van der Waals surface area contributed by atoms with Gasteiger partial charge in [-0.1, -0.05) is 0 Å². The van der Waals surface area contributed by atoms with Crippen molar-refractivity contribution in [3.05, 3.63) is 17.9 Å². The van der Waals surface area contributed by atoms with E-state index in [2.05, 4.69) is 0 Å². The summed E-state index contributed by atoms with van der Waals surface area (Å²) in [7, 11) is -0.904. The summed E-state index contributed by atoms with van der Waals surface area (Å²) >= 11 is 0. The molecule has 1 amide bonds. The van der Waals surface area contributed by atoms with E-state index < -0.39 is 10.0 Å². The predicted molar refractivity (Wildman–Crippen MR) is 75.3 cm³/mol. The van der Waals surface area contributed by atoms with Crippen LogP contribution in [-0.4, -0.2) is 61.9 Å². The van der Waals surface area contributed by atoms with Crippen LogP contribution in [0.4, 0.5) is 0 Å². The van der Waals surface area contributed by atoms with E-state index in [9.17, 15) is 18.3 Å². The van der Waals surface area contributed by atoms with Crippen molar-refractivity contribution >= 4 is 15.9 Å². The minimum atomic E-state index is -3.69. The molecule has 0 aliphatic carbocycles. The Morgan fingerprint density at radius 1 is 1.43 bits per heavy atom. The zero-order valence-corrected chi connectivity index (χ0v) is 13.0. The fraction of sp³-hybridized carbons (Fsp3) is 0.615. The van der Waals surface area contributed by atoms with Crippen LogP contribution in [0.15, 0.2) is 21.6 Å². The largest absolute Gasteiger partial charge is 0.438 e. The molecule has 1 aromatic rings. The lowest BCUT2D eigenvalue weighted by Gasteiger charge is -2.33. The molecule has 1 aliphatic heterocycles. The number of carbonyl (C=O) groups excluding carboxylic acids is 1. The highest BCUT2D eigenvalue weighted by molar-refractivity contribution is 7.88. The molecule has 1 unspecified atom stereocenters. The summed E-state index contributed by atoms with van der Waals surface area (Å²) in [6.07, 6.45) is 2.57. The number of hydrogen-bond acceptors (Lipinski definition) is 5. The van der Waals surface area contributed by atoms with Crippen LogP contribution in [0.2, 0.25) is 0 Å². The van der Waals surface area contributed by atoms with Gasteiger partial charge in [-0.05, 0) is 31.4 Å². The average Bonchev–Trinajstić information content (AvgIpc) is 2.96. The van der Waals surface area contributed by atoms with Gasteiger partial charge in [0.1, 0.15) is 0 Å². The molecular formula is C13H20N2O5S. The highest BCUT2D eigenvalue weighted by Gasteiger charge is 2.30. The van der Waals surface area contributed by atoms with Crippen molar-refractivity contribution in [3.63, 3.8) is 0 Å². The molecule has 0 aromatic carbocycles. The molecule has 2 rings (SSSR count). The van der Waals surface area contributed by atoms with Crippen LogP contribution in [0.5, 0.6) is 0 Å². The molecule has 1 fully saturated rings. The quantitative estimate of drug-likeness (QED) is 0.874. The lowest BCUT2D eigenvalue weighted by molar-refractivity contribution is 0.0468. The van der Waals surface area contributed by atoms with Crippen LogP contribution in [0.1, 0.15) is 29.8 Å². The molecule has 1 saturated heterocycles. The second-order valence-corrected chi connectivity index (χ2v) is 7.32. The number of hydrogen-bond donors (Lipinski definition) is 1. The number of piperidine rings is 1. The first-order chi connectivity index (χ1) is 9.87. The van der Waals surface area contributed by atoms with Crippen molar-refractivity contribution in [1.82, 2.24) is 9.21 Å². The van der Waals surface area contributed by atoms with Crippen molar-refractivity contribution < 1.29 is 22.7 Å². The zero-order valence-electron chi connectivity index (χ0n) is 12.2. The van der Waals surface area contributed by atoms with Gasteiger partial charge in [-0.15, -0.1) is 0 Å². The monoisotopic (exact) mass is 316 g/mol. The fourth-order valence-corrected chi connectivity index (χ4v) is 3.15. The fourth-order valence-electron chi connectivity index (χ4n) is 2.35. The van der Waals surface area contributed by atoms with E-state index in [1.54, 1.807) is 4.90 Å². The number of aliphatic hydroxyl groups is 1. The number of aliphatic hydroxyl groups excluding tert-OH is 1. The Labute approximate surface area is 124 Å². The molecule has 0 saturated carbocycles. The van der Waals surface area contributed by atoms with Crippen LogP contribution in [0, 0.1) is 0 Å². The molecule has 0 radical (unpaired) electrons. The van der Waals surface area contributed by atoms with Crippen molar-refractivity contribution in [2.45, 2.75) is 30.4 Å². The average molecular weight is 316 g/mol. The zero-order chi connectivity index (χ0) is 15.6. The number of furan rings is 1. The van der Waals surface area contributed by atoms with E-state index in [1.165, 1.54) is 26.2 Å². The summed E-state index contributed by atoms with van der Waals surface area (Å²) in [5, 5.41) is 9.08. The van der Waals surface area contributed by atoms with Crippen LogP contribution in [0.3, 0.4) is 0 Å². The summed E-state index contributed by atoms with van der Waals surface area (Å²) in [4.78, 5) is 13.9. The van der Waals surface area contributed by atoms with E-state index in [0.717, 1.165) is 23.6 Å². The van der Waals surface area contributed by atoms with Gasteiger partial charge in [0.2, 0.25) is 5.09 Å². The third-order valence-electron chi connectivity index (χ3n) is 3.63. The first-order valence-corrected chi connectivity index (χ1v) is 8.26. The van der Waals surface area contributed by atoms with Gasteiger partial charge in [0, 0.05) is 20.6 Å². The summed E-state index contributed by atoms with van der Waals surface area (Å²) in [6.45, 7) is 0.440. The molecule has 0 bridgehead atoms. The summed E-state index contributed by atoms with van der Waals surface area (Å²) in [5.74, 6) is -0.398. The molecule has 1 aliphatic rings. The maximum absolute atomic E-state index is 12.4. The molecule has 1 N–H and O–H groups in total. The normalized spacial score (nSPS) is 20.0. The SMILES string of the molecule is CN(C)S(=O)(=O)c1ccc(C(=O)N2CCCCC2CO)o1. The Balaban J connectivity index is 2.23. The van der Waals surface area contributed by atoms with E-state index in [-0.39, 0.29) is 29.4 Å². The predicted octanol–water partition coefficient (Wildman–Crippen LogP) is 0.517. The van der Waals surface area contributed by atoms with Gasteiger partial charge in [-0.2, -0.15) is 0 Å². The van der Waals surface area contributed by atoms with Crippen LogP contribution >= 0.6 is 0 Å². The topological polar surface area (TPSA) is 91.1 Å². The van der Waals surface area contributed by atoms with Crippen LogP contribution < -0.4 is 0 Å². The van der Waals surface area contributed by atoms with E-state index in [1.807, 2.05) is 0 Å². The Bertz CT molecular complexity index is 608. The van der Waals surface area contributed by atoms with Gasteiger partial charge in [0.25, 0.3) is 15.9 Å². The number of likely N-dealkylation sites (tertiary alicyclic amines) is 1. The molecule has 118 valence electrons. The van der Waals surface area contributed by atoms with E-state index in [4.69, 9.17) is 4.42 Å². The number of amides is 1. The van der Waals surface area contributed by atoms with Gasteiger partial charge in [-0.25, -0.2) is 12.7 Å². The Morgan fingerprint density at radius 2 is 2.14 bits per heavy atom. The molecule has 0 spiro atoms. The standard InChI is InChI=1S/C13H20N2O5S/c1-14(2)21(18,19)12-7-6-11(20-12)13(17)15-8-4-3-5-10(15)9-16/h6-7,10,16H,3-5,8-9H2,1-2H3. The molecule has 7 nitrogen and oxygen atoms in total. The summed E-state index contributed by atoms with van der Waals surface area (Å²) < 4.78 is 30.1. The highest BCUT2D eigenvalue weighted by Crippen LogP contribution is 2.22. The molecular weight excluding hydrogens is 296 g/mol. The summed E-state index contributed by atoms with van der Waals surface area (Å²) in [5.41, 5.74) is 0. The van der Waals surface area contributed by atoms with Crippen molar-refractivity contribution in [2.75, 3.05) is 27.2 Å². The molecule has 1 atom stereocenters. The summed E-state index contributed by atoms with van der Waals surface area (Å²) in [6, 6.07) is 2.41. The number of nitrogens with zero attached hydrogens (tertiary/aromatic N) is 2. The first kappa shape index (κ1) is 16.0. The van der Waals surface area contributed by atoms with E-state index in [0.29, 0.717) is 6.54 Å². The minimum Gasteiger partial charge on any atom is -0.438 e. The van der Waals surface area contributed by atoms with Gasteiger partial charge >= 0.3 is 0 Å². The molecule has 21 heavy (non-hydrogen) atoms. The Kier molecular flexibility index (Phi) is 4.70. The van der Waals surface area contributed by atoms with Crippen molar-refractivity contribution in [3.8, 4) is 0 Å².